The molecule has 1 atom stereocenters. The Morgan fingerprint density at radius 1 is 1.08 bits per heavy atom. The molecular formula is C11H24O2. The van der Waals surface area contributed by atoms with Gasteiger partial charge in [0.15, 0.2) is 0 Å². The van der Waals surface area contributed by atoms with Gasteiger partial charge >= 0.3 is 0 Å². The Morgan fingerprint density at radius 2 is 1.77 bits per heavy atom. The summed E-state index contributed by atoms with van der Waals surface area (Å²) in [7, 11) is 0. The van der Waals surface area contributed by atoms with Gasteiger partial charge in [-0.05, 0) is 25.7 Å². The predicted molar refractivity (Wildman–Crippen MR) is 55.9 cm³/mol. The summed E-state index contributed by atoms with van der Waals surface area (Å²) >= 11 is 0. The normalized spacial score (nSPS) is 13.2. The van der Waals surface area contributed by atoms with Gasteiger partial charge in [-0.15, -0.1) is 0 Å². The van der Waals surface area contributed by atoms with Crippen molar-refractivity contribution in [1.82, 2.24) is 0 Å². The lowest BCUT2D eigenvalue weighted by molar-refractivity contribution is 0.103. The van der Waals surface area contributed by atoms with Crippen LogP contribution in [0.4, 0.5) is 0 Å². The van der Waals surface area contributed by atoms with Crippen molar-refractivity contribution in [3.63, 3.8) is 0 Å². The first kappa shape index (κ1) is 12.9. The maximum Gasteiger partial charge on any atom is 0.0538 e. The standard InChI is InChI=1S/C11H24O2/c1-3-5-6-9-13-10-7-8-11(12)4-2/h11-12H,3-10H2,1-2H3. The summed E-state index contributed by atoms with van der Waals surface area (Å²) < 4.78 is 5.42. The Bertz CT molecular complexity index is 94.1. The minimum absolute atomic E-state index is 0.126. The van der Waals surface area contributed by atoms with E-state index in [-0.39, 0.29) is 6.10 Å². The molecule has 0 aliphatic carbocycles. The van der Waals surface area contributed by atoms with Crippen molar-refractivity contribution < 1.29 is 9.84 Å². The van der Waals surface area contributed by atoms with Crippen molar-refractivity contribution >= 4 is 0 Å². The van der Waals surface area contributed by atoms with E-state index in [0.717, 1.165) is 32.5 Å². The molecule has 13 heavy (non-hydrogen) atoms. The number of aliphatic hydroxyl groups excluding tert-OH is 1. The van der Waals surface area contributed by atoms with Crippen LogP contribution in [0.25, 0.3) is 0 Å². The summed E-state index contributed by atoms with van der Waals surface area (Å²) in [4.78, 5) is 0. The van der Waals surface area contributed by atoms with Crippen LogP contribution in [0.15, 0.2) is 0 Å². The fourth-order valence-corrected chi connectivity index (χ4v) is 1.18. The van der Waals surface area contributed by atoms with Crippen molar-refractivity contribution in [3.05, 3.63) is 0 Å². The van der Waals surface area contributed by atoms with Gasteiger partial charge in [0, 0.05) is 13.2 Å². The van der Waals surface area contributed by atoms with Crippen LogP contribution in [0, 0.1) is 0 Å². The lowest BCUT2D eigenvalue weighted by Gasteiger charge is -2.07. The molecule has 0 rings (SSSR count). The van der Waals surface area contributed by atoms with E-state index in [0.29, 0.717) is 0 Å². The van der Waals surface area contributed by atoms with Crippen LogP contribution < -0.4 is 0 Å². The fourth-order valence-electron chi connectivity index (χ4n) is 1.18. The zero-order valence-electron chi connectivity index (χ0n) is 9.09. The Hall–Kier alpha value is -0.0800. The molecule has 0 fully saturated rings. The summed E-state index contributed by atoms with van der Waals surface area (Å²) in [5.41, 5.74) is 0. The predicted octanol–water partition coefficient (Wildman–Crippen LogP) is 2.74. The van der Waals surface area contributed by atoms with Crippen LogP contribution >= 0.6 is 0 Å². The average molecular weight is 188 g/mol. The van der Waals surface area contributed by atoms with E-state index >= 15 is 0 Å². The first-order valence-corrected chi connectivity index (χ1v) is 5.57. The summed E-state index contributed by atoms with van der Waals surface area (Å²) in [5, 5.41) is 9.24. The maximum absolute atomic E-state index is 9.24. The third-order valence-corrected chi connectivity index (χ3v) is 2.19. The van der Waals surface area contributed by atoms with E-state index in [1.165, 1.54) is 19.3 Å². The van der Waals surface area contributed by atoms with Crippen LogP contribution in [-0.4, -0.2) is 24.4 Å². The number of aliphatic hydroxyl groups is 1. The molecule has 0 saturated carbocycles. The second kappa shape index (κ2) is 10.0. The SMILES string of the molecule is CCCCCOCCCC(O)CC. The third-order valence-electron chi connectivity index (χ3n) is 2.19. The van der Waals surface area contributed by atoms with Gasteiger partial charge < -0.3 is 9.84 Å². The van der Waals surface area contributed by atoms with E-state index in [1.807, 2.05) is 6.92 Å². The van der Waals surface area contributed by atoms with Gasteiger partial charge in [-0.25, -0.2) is 0 Å². The number of hydrogen-bond acceptors (Lipinski definition) is 2. The van der Waals surface area contributed by atoms with E-state index in [9.17, 15) is 5.11 Å². The van der Waals surface area contributed by atoms with Crippen molar-refractivity contribution in [1.29, 1.82) is 0 Å². The largest absolute Gasteiger partial charge is 0.393 e. The summed E-state index contributed by atoms with van der Waals surface area (Å²) in [6.07, 6.45) is 6.28. The van der Waals surface area contributed by atoms with Crippen LogP contribution in [0.5, 0.6) is 0 Å². The molecule has 0 aromatic heterocycles. The highest BCUT2D eigenvalue weighted by molar-refractivity contribution is 4.51. The van der Waals surface area contributed by atoms with Gasteiger partial charge in [0.05, 0.1) is 6.10 Å². The van der Waals surface area contributed by atoms with E-state index in [1.54, 1.807) is 0 Å². The van der Waals surface area contributed by atoms with Gasteiger partial charge in [0.25, 0.3) is 0 Å². The first-order valence-electron chi connectivity index (χ1n) is 5.57. The minimum atomic E-state index is -0.126. The van der Waals surface area contributed by atoms with Crippen LogP contribution in [-0.2, 0) is 4.74 Å². The molecule has 0 bridgehead atoms. The second-order valence-electron chi connectivity index (χ2n) is 3.52. The van der Waals surface area contributed by atoms with E-state index in [2.05, 4.69) is 6.92 Å². The molecule has 0 aliphatic rings. The Kier molecular flexibility index (Phi) is 9.94. The molecule has 0 aromatic rings. The first-order chi connectivity index (χ1) is 6.31. The smallest absolute Gasteiger partial charge is 0.0538 e. The highest BCUT2D eigenvalue weighted by Gasteiger charge is 1.99. The lowest BCUT2D eigenvalue weighted by Crippen LogP contribution is -2.06. The Morgan fingerprint density at radius 3 is 2.38 bits per heavy atom. The third kappa shape index (κ3) is 9.84. The number of rotatable bonds is 9. The van der Waals surface area contributed by atoms with Crippen molar-refractivity contribution in [3.8, 4) is 0 Å². The monoisotopic (exact) mass is 188 g/mol. The summed E-state index contributed by atoms with van der Waals surface area (Å²) in [5.74, 6) is 0. The highest BCUT2D eigenvalue weighted by Crippen LogP contribution is 2.01. The molecule has 0 amide bonds. The van der Waals surface area contributed by atoms with E-state index < -0.39 is 0 Å². The van der Waals surface area contributed by atoms with Crippen LogP contribution in [0.3, 0.4) is 0 Å². The Balaban J connectivity index is 2.91. The molecule has 0 heterocycles. The number of unbranched alkanes of at least 4 members (excludes halogenated alkanes) is 2. The highest BCUT2D eigenvalue weighted by atomic mass is 16.5. The molecule has 80 valence electrons. The molecule has 0 aliphatic heterocycles. The van der Waals surface area contributed by atoms with Crippen molar-refractivity contribution in [2.45, 2.75) is 58.5 Å². The molecule has 2 heteroatoms. The molecule has 0 spiro atoms. The molecule has 0 radical (unpaired) electrons. The summed E-state index contributed by atoms with van der Waals surface area (Å²) in [6.45, 7) is 5.89. The molecule has 1 unspecified atom stereocenters. The zero-order chi connectivity index (χ0) is 9.94. The quantitative estimate of drug-likeness (QED) is 0.564. The average Bonchev–Trinajstić information content (AvgIpc) is 2.16. The van der Waals surface area contributed by atoms with Gasteiger partial charge in [0.1, 0.15) is 0 Å². The molecule has 2 nitrogen and oxygen atoms in total. The molecular weight excluding hydrogens is 164 g/mol. The molecule has 1 N–H and O–H groups in total. The number of ether oxygens (including phenoxy) is 1. The molecule has 0 aromatic carbocycles. The van der Waals surface area contributed by atoms with Crippen molar-refractivity contribution in [2.75, 3.05) is 13.2 Å². The maximum atomic E-state index is 9.24. The van der Waals surface area contributed by atoms with Crippen molar-refractivity contribution in [2.24, 2.45) is 0 Å². The second-order valence-corrected chi connectivity index (χ2v) is 3.52. The van der Waals surface area contributed by atoms with Crippen LogP contribution in [0.1, 0.15) is 52.4 Å². The zero-order valence-corrected chi connectivity index (χ0v) is 9.09. The van der Waals surface area contributed by atoms with Crippen LogP contribution in [0.2, 0.25) is 0 Å². The minimum Gasteiger partial charge on any atom is -0.393 e. The van der Waals surface area contributed by atoms with Gasteiger partial charge in [-0.2, -0.15) is 0 Å². The number of hydrogen-bond donors (Lipinski definition) is 1. The Labute approximate surface area is 82.3 Å². The van der Waals surface area contributed by atoms with E-state index in [4.69, 9.17) is 4.74 Å². The van der Waals surface area contributed by atoms with Gasteiger partial charge in [0.2, 0.25) is 0 Å². The van der Waals surface area contributed by atoms with Gasteiger partial charge in [-0.1, -0.05) is 26.7 Å². The fraction of sp³-hybridized carbons (Fsp3) is 1.00. The lowest BCUT2D eigenvalue weighted by atomic mass is 10.1. The molecule has 0 saturated heterocycles. The topological polar surface area (TPSA) is 29.5 Å². The summed E-state index contributed by atoms with van der Waals surface area (Å²) in [6, 6.07) is 0. The van der Waals surface area contributed by atoms with Gasteiger partial charge in [-0.3, -0.25) is 0 Å².